The number of ether oxygens (including phenoxy) is 5. The molecular formula is C14H25N3O5. The van der Waals surface area contributed by atoms with Gasteiger partial charge in [0.05, 0.1) is 51.8 Å². The largest absolute Gasteiger partial charge is 0.377 e. The molecule has 0 radical (unpaired) electrons. The molecule has 0 saturated carbocycles. The van der Waals surface area contributed by atoms with Crippen molar-refractivity contribution in [3.8, 4) is 0 Å². The van der Waals surface area contributed by atoms with Crippen LogP contribution in [-0.2, 0) is 36.9 Å². The van der Waals surface area contributed by atoms with E-state index in [9.17, 15) is 0 Å². The number of hydrogen-bond donors (Lipinski definition) is 1. The minimum Gasteiger partial charge on any atom is -0.377 e. The minimum atomic E-state index is -0.0274. The van der Waals surface area contributed by atoms with Gasteiger partial charge in [-0.05, 0) is 13.8 Å². The van der Waals surface area contributed by atoms with E-state index >= 15 is 0 Å². The zero-order chi connectivity index (χ0) is 15.6. The predicted molar refractivity (Wildman–Crippen MR) is 77.3 cm³/mol. The molecule has 0 amide bonds. The molecule has 2 bridgehead atoms. The quantitative estimate of drug-likeness (QED) is 0.753. The summed E-state index contributed by atoms with van der Waals surface area (Å²) >= 11 is 0. The van der Waals surface area contributed by atoms with Gasteiger partial charge in [-0.1, -0.05) is 0 Å². The molecule has 2 heterocycles. The van der Waals surface area contributed by atoms with Crippen molar-refractivity contribution in [1.29, 1.82) is 0 Å². The molecule has 1 aliphatic rings. The third-order valence-electron chi connectivity index (χ3n) is 3.03. The molecule has 0 aliphatic carbocycles. The van der Waals surface area contributed by atoms with E-state index in [1.807, 2.05) is 13.8 Å². The maximum absolute atomic E-state index is 5.65. The highest BCUT2D eigenvalue weighted by Crippen LogP contribution is 2.03. The van der Waals surface area contributed by atoms with Gasteiger partial charge in [-0.25, -0.2) is 4.98 Å². The Kier molecular flexibility index (Phi) is 7.75. The van der Waals surface area contributed by atoms with Gasteiger partial charge in [0.1, 0.15) is 13.2 Å². The van der Waals surface area contributed by atoms with Crippen molar-refractivity contribution in [3.63, 3.8) is 0 Å². The zero-order valence-electron chi connectivity index (χ0n) is 13.2. The lowest BCUT2D eigenvalue weighted by molar-refractivity contribution is -0.0480. The van der Waals surface area contributed by atoms with Crippen LogP contribution in [0.15, 0.2) is 0 Å². The number of nitrogens with one attached hydrogen (secondary N) is 1. The highest BCUT2D eigenvalue weighted by atomic mass is 16.6. The Balaban J connectivity index is 1.83. The lowest BCUT2D eigenvalue weighted by atomic mass is 10.4. The molecule has 1 N–H and O–H groups in total. The van der Waals surface area contributed by atoms with E-state index in [1.54, 1.807) is 0 Å². The number of aromatic amines is 1. The van der Waals surface area contributed by atoms with Gasteiger partial charge in [0, 0.05) is 0 Å². The molecule has 2 atom stereocenters. The van der Waals surface area contributed by atoms with E-state index in [4.69, 9.17) is 23.7 Å². The summed E-state index contributed by atoms with van der Waals surface area (Å²) in [6.45, 7) is 7.82. The van der Waals surface area contributed by atoms with Crippen LogP contribution in [0.3, 0.4) is 0 Å². The van der Waals surface area contributed by atoms with Crippen molar-refractivity contribution in [2.24, 2.45) is 0 Å². The lowest BCUT2D eigenvalue weighted by Gasteiger charge is -2.14. The van der Waals surface area contributed by atoms with Crippen LogP contribution in [0.4, 0.5) is 0 Å². The van der Waals surface area contributed by atoms with Gasteiger partial charge in [-0.2, -0.15) is 5.10 Å². The summed E-state index contributed by atoms with van der Waals surface area (Å²) in [5.41, 5.74) is 0. The van der Waals surface area contributed by atoms with E-state index in [-0.39, 0.29) is 12.2 Å². The number of aromatic nitrogens is 3. The fourth-order valence-electron chi connectivity index (χ4n) is 1.83. The SMILES string of the molecule is C[C@H]1COCCOCCOC[C@H](C)OCc2nc(n[nH]2)CO1. The Morgan fingerprint density at radius 1 is 0.864 bits per heavy atom. The van der Waals surface area contributed by atoms with Crippen LogP contribution in [-0.4, -0.2) is 67.0 Å². The summed E-state index contributed by atoms with van der Waals surface area (Å²) < 4.78 is 27.7. The lowest BCUT2D eigenvalue weighted by Crippen LogP contribution is -2.20. The molecule has 1 aromatic heterocycles. The average molecular weight is 315 g/mol. The molecule has 0 fully saturated rings. The number of hydrogen-bond acceptors (Lipinski definition) is 7. The van der Waals surface area contributed by atoms with Crippen LogP contribution in [0, 0.1) is 0 Å². The van der Waals surface area contributed by atoms with Gasteiger partial charge in [0.2, 0.25) is 0 Å². The van der Waals surface area contributed by atoms with Crippen LogP contribution in [0.2, 0.25) is 0 Å². The molecule has 0 unspecified atom stereocenters. The topological polar surface area (TPSA) is 87.7 Å². The molecule has 126 valence electrons. The van der Waals surface area contributed by atoms with Crippen molar-refractivity contribution >= 4 is 0 Å². The van der Waals surface area contributed by atoms with Crippen molar-refractivity contribution in [2.45, 2.75) is 39.3 Å². The van der Waals surface area contributed by atoms with Crippen molar-refractivity contribution in [2.75, 3.05) is 39.6 Å². The van der Waals surface area contributed by atoms with E-state index in [2.05, 4.69) is 15.2 Å². The number of H-pyrrole nitrogens is 1. The van der Waals surface area contributed by atoms with Crippen LogP contribution < -0.4 is 0 Å². The van der Waals surface area contributed by atoms with Crippen molar-refractivity contribution in [3.05, 3.63) is 11.6 Å². The first-order valence-corrected chi connectivity index (χ1v) is 7.60. The van der Waals surface area contributed by atoms with Gasteiger partial charge >= 0.3 is 0 Å². The van der Waals surface area contributed by atoms with Gasteiger partial charge in [-0.15, -0.1) is 0 Å². The summed E-state index contributed by atoms with van der Waals surface area (Å²) in [4.78, 5) is 4.32. The van der Waals surface area contributed by atoms with Gasteiger partial charge in [-0.3, -0.25) is 5.10 Å². The van der Waals surface area contributed by atoms with Gasteiger partial charge < -0.3 is 23.7 Å². The third kappa shape index (κ3) is 6.80. The van der Waals surface area contributed by atoms with Crippen LogP contribution in [0.25, 0.3) is 0 Å². The fourth-order valence-corrected chi connectivity index (χ4v) is 1.83. The van der Waals surface area contributed by atoms with Gasteiger partial charge in [0.15, 0.2) is 11.6 Å². The smallest absolute Gasteiger partial charge is 0.176 e. The molecule has 8 nitrogen and oxygen atoms in total. The molecular weight excluding hydrogens is 290 g/mol. The summed E-state index contributed by atoms with van der Waals surface area (Å²) in [5.74, 6) is 1.29. The summed E-state index contributed by atoms with van der Waals surface area (Å²) in [7, 11) is 0. The maximum Gasteiger partial charge on any atom is 0.176 e. The highest BCUT2D eigenvalue weighted by molar-refractivity contribution is 4.87. The van der Waals surface area contributed by atoms with Crippen molar-refractivity contribution in [1.82, 2.24) is 15.2 Å². The molecule has 0 spiro atoms. The first-order valence-electron chi connectivity index (χ1n) is 7.60. The van der Waals surface area contributed by atoms with Crippen LogP contribution >= 0.6 is 0 Å². The normalized spacial score (nSPS) is 27.0. The van der Waals surface area contributed by atoms with Gasteiger partial charge in [0.25, 0.3) is 0 Å². The second-order valence-corrected chi connectivity index (χ2v) is 5.20. The summed E-state index contributed by atoms with van der Waals surface area (Å²) in [5, 5.41) is 6.95. The Morgan fingerprint density at radius 2 is 1.45 bits per heavy atom. The Hall–Kier alpha value is -1.06. The number of rotatable bonds is 0. The second kappa shape index (κ2) is 9.86. The van der Waals surface area contributed by atoms with E-state index < -0.39 is 0 Å². The molecule has 1 aliphatic heterocycles. The average Bonchev–Trinajstić information content (AvgIpc) is 2.96. The van der Waals surface area contributed by atoms with E-state index in [0.29, 0.717) is 64.5 Å². The maximum atomic E-state index is 5.65. The monoisotopic (exact) mass is 315 g/mol. The Labute approximate surface area is 130 Å². The first kappa shape index (κ1) is 17.3. The minimum absolute atomic E-state index is 0.0213. The first-order chi connectivity index (χ1) is 10.7. The van der Waals surface area contributed by atoms with E-state index in [0.717, 1.165) is 0 Å². The third-order valence-corrected chi connectivity index (χ3v) is 3.03. The van der Waals surface area contributed by atoms with Crippen molar-refractivity contribution < 1.29 is 23.7 Å². The Morgan fingerprint density at radius 3 is 2.14 bits per heavy atom. The molecule has 1 aromatic rings. The zero-order valence-corrected chi connectivity index (χ0v) is 13.2. The highest BCUT2D eigenvalue weighted by Gasteiger charge is 2.09. The van der Waals surface area contributed by atoms with E-state index in [1.165, 1.54) is 0 Å². The molecule has 2 rings (SSSR count). The predicted octanol–water partition coefficient (Wildman–Crippen LogP) is 0.678. The standard InChI is InChI=1S/C14H25N3O5/c1-11-7-19-5-3-18-4-6-20-8-12(2)22-10-14-15-13(9-21-11)16-17-14/h11-12H,3-10H2,1-2H3,(H,15,16,17)/t11-,12-/m0/s1. The summed E-state index contributed by atoms with van der Waals surface area (Å²) in [6, 6.07) is 0. The molecule has 22 heavy (non-hydrogen) atoms. The van der Waals surface area contributed by atoms with Crippen LogP contribution in [0.1, 0.15) is 25.5 Å². The second-order valence-electron chi connectivity index (χ2n) is 5.20. The molecule has 0 saturated heterocycles. The molecule has 0 aromatic carbocycles. The number of fused-ring (bicyclic) bond motifs is 2. The fraction of sp³-hybridized carbons (Fsp3) is 0.857. The molecule has 8 heteroatoms. The number of nitrogens with zero attached hydrogens (tertiary/aromatic N) is 2. The van der Waals surface area contributed by atoms with Crippen LogP contribution in [0.5, 0.6) is 0 Å². The Bertz CT molecular complexity index is 380. The summed E-state index contributed by atoms with van der Waals surface area (Å²) in [6.07, 6.45) is -0.0486.